The molecule has 1 N–H and O–H groups in total. The molecule has 28 heavy (non-hydrogen) atoms. The van der Waals surface area contributed by atoms with Crippen molar-refractivity contribution in [2.45, 2.75) is 25.0 Å². The van der Waals surface area contributed by atoms with E-state index in [2.05, 4.69) is 4.72 Å². The maximum atomic E-state index is 13.0. The predicted octanol–water partition coefficient (Wildman–Crippen LogP) is 3.19. The molecule has 0 spiro atoms. The average molecular weight is 405 g/mol. The zero-order chi connectivity index (χ0) is 20.0. The third-order valence-electron chi connectivity index (χ3n) is 5.07. The minimum atomic E-state index is -3.34. The van der Waals surface area contributed by atoms with Gasteiger partial charge in [0.15, 0.2) is 0 Å². The number of halogens is 1. The van der Waals surface area contributed by atoms with Crippen molar-refractivity contribution in [1.29, 1.82) is 0 Å². The molecule has 2 aromatic carbocycles. The molecule has 0 radical (unpaired) electrons. The molecule has 0 aromatic heterocycles. The molecule has 1 heterocycles. The first-order valence-corrected chi connectivity index (χ1v) is 11.1. The molecular formula is C21H25FN2O3S. The summed E-state index contributed by atoms with van der Waals surface area (Å²) >= 11 is 0. The summed E-state index contributed by atoms with van der Waals surface area (Å²) in [5.41, 5.74) is 1.26. The minimum absolute atomic E-state index is 0.0154. The van der Waals surface area contributed by atoms with Gasteiger partial charge >= 0.3 is 0 Å². The molecule has 1 aliphatic rings. The predicted molar refractivity (Wildman–Crippen MR) is 107 cm³/mol. The average Bonchev–Trinajstić information content (AvgIpc) is 2.69. The van der Waals surface area contributed by atoms with Gasteiger partial charge in [-0.05, 0) is 55.0 Å². The SMILES string of the molecule is O=C(c1ccc(F)cc1)N1CCC(CCNS(=O)(=O)Cc2ccccc2)CC1. The molecule has 7 heteroatoms. The summed E-state index contributed by atoms with van der Waals surface area (Å²) in [6, 6.07) is 14.7. The van der Waals surface area contributed by atoms with Crippen LogP contribution in [-0.2, 0) is 15.8 Å². The molecule has 2 aromatic rings. The van der Waals surface area contributed by atoms with Gasteiger partial charge in [-0.2, -0.15) is 0 Å². The van der Waals surface area contributed by atoms with Crippen LogP contribution in [0.15, 0.2) is 54.6 Å². The zero-order valence-electron chi connectivity index (χ0n) is 15.7. The Morgan fingerprint density at radius 1 is 1.04 bits per heavy atom. The number of piperidine rings is 1. The first-order valence-electron chi connectivity index (χ1n) is 9.49. The highest BCUT2D eigenvalue weighted by atomic mass is 32.2. The van der Waals surface area contributed by atoms with Gasteiger partial charge in [0.2, 0.25) is 10.0 Å². The lowest BCUT2D eigenvalue weighted by Gasteiger charge is -2.32. The van der Waals surface area contributed by atoms with Crippen LogP contribution in [0, 0.1) is 11.7 Å². The quantitative estimate of drug-likeness (QED) is 0.771. The summed E-state index contributed by atoms with van der Waals surface area (Å²) in [4.78, 5) is 14.2. The van der Waals surface area contributed by atoms with Gasteiger partial charge in [-0.3, -0.25) is 4.79 Å². The van der Waals surface area contributed by atoms with E-state index in [1.807, 2.05) is 18.2 Å². The van der Waals surface area contributed by atoms with Crippen LogP contribution in [0.25, 0.3) is 0 Å². The number of carbonyl (C=O) groups excluding carboxylic acids is 1. The van der Waals surface area contributed by atoms with E-state index in [9.17, 15) is 17.6 Å². The molecule has 0 bridgehead atoms. The van der Waals surface area contributed by atoms with Crippen LogP contribution in [0.3, 0.4) is 0 Å². The van der Waals surface area contributed by atoms with Crippen molar-refractivity contribution < 1.29 is 17.6 Å². The number of nitrogens with one attached hydrogen (secondary N) is 1. The summed E-state index contributed by atoms with van der Waals surface area (Å²) in [7, 11) is -3.34. The molecule has 0 saturated carbocycles. The lowest BCUT2D eigenvalue weighted by atomic mass is 9.93. The fourth-order valence-electron chi connectivity index (χ4n) is 3.46. The van der Waals surface area contributed by atoms with Crippen LogP contribution in [-0.4, -0.2) is 38.9 Å². The summed E-state index contributed by atoms with van der Waals surface area (Å²) < 4.78 is 40.0. The third kappa shape index (κ3) is 5.87. The van der Waals surface area contributed by atoms with Crippen LogP contribution in [0.5, 0.6) is 0 Å². The highest BCUT2D eigenvalue weighted by Crippen LogP contribution is 2.22. The van der Waals surface area contributed by atoms with E-state index in [4.69, 9.17) is 0 Å². The fourth-order valence-corrected chi connectivity index (χ4v) is 4.63. The monoisotopic (exact) mass is 404 g/mol. The van der Waals surface area contributed by atoms with Crippen molar-refractivity contribution in [3.63, 3.8) is 0 Å². The van der Waals surface area contributed by atoms with Gasteiger partial charge in [0.25, 0.3) is 5.91 Å². The highest BCUT2D eigenvalue weighted by molar-refractivity contribution is 7.88. The van der Waals surface area contributed by atoms with Gasteiger partial charge in [-0.1, -0.05) is 30.3 Å². The van der Waals surface area contributed by atoms with Gasteiger partial charge in [0, 0.05) is 25.2 Å². The van der Waals surface area contributed by atoms with Crippen molar-refractivity contribution in [3.8, 4) is 0 Å². The Bertz CT molecular complexity index is 878. The Hall–Kier alpha value is -2.25. The van der Waals surface area contributed by atoms with E-state index in [0.29, 0.717) is 31.1 Å². The van der Waals surface area contributed by atoms with Crippen LogP contribution < -0.4 is 4.72 Å². The zero-order valence-corrected chi connectivity index (χ0v) is 16.5. The number of rotatable bonds is 7. The summed E-state index contributed by atoms with van der Waals surface area (Å²) in [6.07, 6.45) is 2.44. The molecule has 0 aliphatic carbocycles. The Morgan fingerprint density at radius 3 is 2.32 bits per heavy atom. The normalized spacial score (nSPS) is 15.5. The molecule has 1 aliphatic heterocycles. The number of benzene rings is 2. The largest absolute Gasteiger partial charge is 0.339 e. The smallest absolute Gasteiger partial charge is 0.253 e. The summed E-state index contributed by atoms with van der Waals surface area (Å²) in [6.45, 7) is 1.68. The van der Waals surface area contributed by atoms with Gasteiger partial charge in [0.1, 0.15) is 5.82 Å². The molecule has 3 rings (SSSR count). The standard InChI is InChI=1S/C21H25FN2O3S/c22-20-8-6-19(7-9-20)21(25)24-14-11-17(12-15-24)10-13-23-28(26,27)16-18-4-2-1-3-5-18/h1-9,17,23H,10-16H2. The Labute approximate surface area is 165 Å². The first-order chi connectivity index (χ1) is 13.4. The van der Waals surface area contributed by atoms with E-state index in [-0.39, 0.29) is 17.5 Å². The van der Waals surface area contributed by atoms with Crippen molar-refractivity contribution in [2.24, 2.45) is 5.92 Å². The van der Waals surface area contributed by atoms with E-state index < -0.39 is 10.0 Å². The Morgan fingerprint density at radius 2 is 1.68 bits per heavy atom. The van der Waals surface area contributed by atoms with Crippen LogP contribution in [0.1, 0.15) is 35.2 Å². The number of amides is 1. The highest BCUT2D eigenvalue weighted by Gasteiger charge is 2.24. The van der Waals surface area contributed by atoms with Crippen LogP contribution in [0.2, 0.25) is 0 Å². The maximum absolute atomic E-state index is 13.0. The molecule has 0 unspecified atom stereocenters. The minimum Gasteiger partial charge on any atom is -0.339 e. The Balaban J connectivity index is 1.41. The fraction of sp³-hybridized carbons (Fsp3) is 0.381. The molecule has 5 nitrogen and oxygen atoms in total. The van der Waals surface area contributed by atoms with Crippen LogP contribution >= 0.6 is 0 Å². The molecule has 1 amide bonds. The lowest BCUT2D eigenvalue weighted by molar-refractivity contribution is 0.0687. The Kier molecular flexibility index (Phi) is 6.80. The van der Waals surface area contributed by atoms with Crippen LogP contribution in [0.4, 0.5) is 4.39 Å². The molecule has 150 valence electrons. The molecule has 0 atom stereocenters. The summed E-state index contributed by atoms with van der Waals surface area (Å²) in [5, 5.41) is 0. The van der Waals surface area contributed by atoms with E-state index >= 15 is 0 Å². The van der Waals surface area contributed by atoms with Gasteiger partial charge in [-0.25, -0.2) is 17.5 Å². The second-order valence-corrected chi connectivity index (χ2v) is 8.98. The van der Waals surface area contributed by atoms with Crippen molar-refractivity contribution >= 4 is 15.9 Å². The number of hydrogen-bond donors (Lipinski definition) is 1. The number of hydrogen-bond acceptors (Lipinski definition) is 3. The second kappa shape index (κ2) is 9.30. The number of nitrogens with zero attached hydrogens (tertiary/aromatic N) is 1. The van der Waals surface area contributed by atoms with Crippen molar-refractivity contribution in [1.82, 2.24) is 9.62 Å². The van der Waals surface area contributed by atoms with Gasteiger partial charge in [0.05, 0.1) is 5.75 Å². The number of likely N-dealkylation sites (tertiary alicyclic amines) is 1. The first kappa shape index (κ1) is 20.5. The maximum Gasteiger partial charge on any atom is 0.253 e. The van der Waals surface area contributed by atoms with E-state index in [1.165, 1.54) is 24.3 Å². The van der Waals surface area contributed by atoms with Crippen molar-refractivity contribution in [3.05, 3.63) is 71.5 Å². The number of sulfonamides is 1. The number of carbonyl (C=O) groups is 1. The topological polar surface area (TPSA) is 66.5 Å². The van der Waals surface area contributed by atoms with Crippen molar-refractivity contribution in [2.75, 3.05) is 19.6 Å². The van der Waals surface area contributed by atoms with Gasteiger partial charge < -0.3 is 4.90 Å². The third-order valence-corrected chi connectivity index (χ3v) is 6.42. The molecular weight excluding hydrogens is 379 g/mol. The second-order valence-electron chi connectivity index (χ2n) is 7.17. The van der Waals surface area contributed by atoms with E-state index in [0.717, 1.165) is 24.8 Å². The van der Waals surface area contributed by atoms with E-state index in [1.54, 1.807) is 17.0 Å². The summed E-state index contributed by atoms with van der Waals surface area (Å²) in [5.74, 6) is -0.0676. The molecule has 1 fully saturated rings. The lowest BCUT2D eigenvalue weighted by Crippen LogP contribution is -2.39. The molecule has 1 saturated heterocycles. The van der Waals surface area contributed by atoms with Gasteiger partial charge in [-0.15, -0.1) is 0 Å².